The minimum Gasteiger partial charge on any atom is -0.512 e. The van der Waals surface area contributed by atoms with Crippen molar-refractivity contribution in [2.45, 2.75) is 26.9 Å². The van der Waals surface area contributed by atoms with Gasteiger partial charge in [0.15, 0.2) is 5.84 Å². The quantitative estimate of drug-likeness (QED) is 0.456. The summed E-state index contributed by atoms with van der Waals surface area (Å²) in [6.45, 7) is 4.81. The maximum atomic E-state index is 12.6. The number of hydrogen-bond acceptors (Lipinski definition) is 4. The highest BCUT2D eigenvalue weighted by Crippen LogP contribution is 2.26. The molecule has 148 valence electrons. The smallest absolute Gasteiger partial charge is 0.344 e. The number of amidine groups is 1. The molecule has 3 rings (SSSR count). The van der Waals surface area contributed by atoms with Crippen LogP contribution in [0, 0.1) is 0 Å². The number of esters is 1. The van der Waals surface area contributed by atoms with E-state index in [1.165, 1.54) is 13.0 Å². The highest BCUT2D eigenvalue weighted by molar-refractivity contribution is 6.36. The monoisotopic (exact) mass is 410 g/mol. The molecule has 0 radical (unpaired) electrons. The molecule has 0 bridgehead atoms. The molecule has 1 aliphatic rings. The van der Waals surface area contributed by atoms with Crippen LogP contribution < -0.4 is 0 Å². The molecular weight excluding hydrogens is 392 g/mol. The lowest BCUT2D eigenvalue weighted by atomic mass is 9.99. The molecule has 0 atom stereocenters. The summed E-state index contributed by atoms with van der Waals surface area (Å²) in [6.07, 6.45) is -0.369. The van der Waals surface area contributed by atoms with Gasteiger partial charge in [-0.3, -0.25) is 4.79 Å². The standard InChI is InChI=1S/C22H19ClN2O4/c1-12(2)29-22(28)18(13(3)26)19-16-9-4-5-10-17(16)20(24-19)25-21(27)14-7-6-8-15(23)11-14/h4-12,26H,1-3H3. The molecule has 0 aliphatic carbocycles. The number of amides is 1. The first kappa shape index (κ1) is 20.5. The highest BCUT2D eigenvalue weighted by atomic mass is 35.5. The van der Waals surface area contributed by atoms with Crippen LogP contribution in [0.1, 0.15) is 42.3 Å². The average molecular weight is 411 g/mol. The fraction of sp³-hybridized carbons (Fsp3) is 0.182. The number of aliphatic hydroxyl groups excluding tert-OH is 1. The predicted molar refractivity (Wildman–Crippen MR) is 112 cm³/mol. The number of aliphatic hydroxyl groups is 1. The molecule has 1 heterocycles. The Hall–Kier alpha value is -3.25. The van der Waals surface area contributed by atoms with E-state index in [9.17, 15) is 14.7 Å². The van der Waals surface area contributed by atoms with Crippen LogP contribution in [0.15, 0.2) is 69.8 Å². The van der Waals surface area contributed by atoms with Gasteiger partial charge in [0.05, 0.1) is 11.8 Å². The Kier molecular flexibility index (Phi) is 5.94. The van der Waals surface area contributed by atoms with Gasteiger partial charge in [0.2, 0.25) is 0 Å². The van der Waals surface area contributed by atoms with Crippen LogP contribution in [-0.2, 0) is 9.53 Å². The first-order valence-corrected chi connectivity index (χ1v) is 9.34. The Morgan fingerprint density at radius 2 is 1.79 bits per heavy atom. The summed E-state index contributed by atoms with van der Waals surface area (Å²) in [6, 6.07) is 13.5. The van der Waals surface area contributed by atoms with Gasteiger partial charge in [0, 0.05) is 21.7 Å². The third-order valence-electron chi connectivity index (χ3n) is 4.07. The fourth-order valence-corrected chi connectivity index (χ4v) is 3.05. The maximum Gasteiger partial charge on any atom is 0.344 e. The Labute approximate surface area is 173 Å². The number of allylic oxidation sites excluding steroid dienone is 1. The van der Waals surface area contributed by atoms with Crippen LogP contribution in [0.3, 0.4) is 0 Å². The normalized spacial score (nSPS) is 15.1. The minimum atomic E-state index is -0.698. The van der Waals surface area contributed by atoms with Crippen LogP contribution in [0.2, 0.25) is 5.02 Å². The first-order valence-electron chi connectivity index (χ1n) is 8.96. The molecule has 0 saturated carbocycles. The van der Waals surface area contributed by atoms with E-state index in [4.69, 9.17) is 16.3 Å². The summed E-state index contributed by atoms with van der Waals surface area (Å²) in [4.78, 5) is 33.6. The number of halogens is 1. The van der Waals surface area contributed by atoms with Gasteiger partial charge in [0.25, 0.3) is 5.91 Å². The predicted octanol–water partition coefficient (Wildman–Crippen LogP) is 4.51. The Morgan fingerprint density at radius 1 is 1.10 bits per heavy atom. The van der Waals surface area contributed by atoms with Crippen LogP contribution >= 0.6 is 11.6 Å². The van der Waals surface area contributed by atoms with E-state index >= 15 is 0 Å². The van der Waals surface area contributed by atoms with Gasteiger partial charge in [-0.1, -0.05) is 41.9 Å². The van der Waals surface area contributed by atoms with Crippen molar-refractivity contribution < 1.29 is 19.4 Å². The van der Waals surface area contributed by atoms with E-state index in [0.29, 0.717) is 21.7 Å². The number of hydrogen-bond donors (Lipinski definition) is 1. The molecule has 2 aromatic carbocycles. The summed E-state index contributed by atoms with van der Waals surface area (Å²) < 4.78 is 5.24. The topological polar surface area (TPSA) is 88.3 Å². The second kappa shape index (κ2) is 8.41. The van der Waals surface area contributed by atoms with Crippen molar-refractivity contribution in [1.82, 2.24) is 0 Å². The third kappa shape index (κ3) is 4.43. The Morgan fingerprint density at radius 3 is 2.41 bits per heavy atom. The maximum absolute atomic E-state index is 12.6. The number of ether oxygens (including phenoxy) is 1. The van der Waals surface area contributed by atoms with Crippen molar-refractivity contribution in [1.29, 1.82) is 0 Å². The molecule has 7 heteroatoms. The molecule has 0 saturated heterocycles. The summed E-state index contributed by atoms with van der Waals surface area (Å²) in [5, 5.41) is 10.6. The van der Waals surface area contributed by atoms with Crippen molar-refractivity contribution in [2.75, 3.05) is 0 Å². The largest absolute Gasteiger partial charge is 0.512 e. The molecule has 0 aromatic heterocycles. The summed E-state index contributed by atoms with van der Waals surface area (Å²) >= 11 is 5.95. The molecule has 0 spiro atoms. The van der Waals surface area contributed by atoms with E-state index in [0.717, 1.165) is 0 Å². The zero-order valence-electron chi connectivity index (χ0n) is 16.1. The van der Waals surface area contributed by atoms with Gasteiger partial charge in [-0.15, -0.1) is 0 Å². The average Bonchev–Trinajstić information content (AvgIpc) is 2.99. The van der Waals surface area contributed by atoms with E-state index < -0.39 is 11.9 Å². The number of aliphatic imine (C=N–C) groups is 2. The van der Waals surface area contributed by atoms with Crippen LogP contribution in [0.5, 0.6) is 0 Å². The second-order valence-corrected chi connectivity index (χ2v) is 7.11. The van der Waals surface area contributed by atoms with Gasteiger partial charge >= 0.3 is 5.97 Å². The summed E-state index contributed by atoms with van der Waals surface area (Å²) in [7, 11) is 0. The van der Waals surface area contributed by atoms with Gasteiger partial charge in [-0.2, -0.15) is 4.99 Å². The Balaban J connectivity index is 2.08. The third-order valence-corrected chi connectivity index (χ3v) is 4.30. The summed E-state index contributed by atoms with van der Waals surface area (Å²) in [5.41, 5.74) is 1.62. The van der Waals surface area contributed by atoms with E-state index in [1.807, 2.05) is 0 Å². The van der Waals surface area contributed by atoms with Crippen molar-refractivity contribution in [3.8, 4) is 0 Å². The first-order chi connectivity index (χ1) is 13.8. The van der Waals surface area contributed by atoms with Gasteiger partial charge in [-0.05, 0) is 39.0 Å². The SMILES string of the molecule is CC(O)=C(C(=O)OC(C)C)C1=NC(=NC(=O)c2cccc(Cl)c2)c2ccccc21. The minimum absolute atomic E-state index is 0.0634. The van der Waals surface area contributed by atoms with Gasteiger partial charge in [-0.25, -0.2) is 9.79 Å². The lowest BCUT2D eigenvalue weighted by molar-refractivity contribution is -0.142. The van der Waals surface area contributed by atoms with Crippen molar-refractivity contribution >= 4 is 35.0 Å². The molecule has 6 nitrogen and oxygen atoms in total. The van der Waals surface area contributed by atoms with Crippen LogP contribution in [0.25, 0.3) is 0 Å². The number of rotatable bonds is 4. The van der Waals surface area contributed by atoms with Crippen molar-refractivity contribution in [3.05, 3.63) is 81.6 Å². The number of carbonyl (C=O) groups is 2. The number of benzene rings is 2. The molecule has 0 fully saturated rings. The zero-order chi connectivity index (χ0) is 21.1. The molecule has 1 aliphatic heterocycles. The van der Waals surface area contributed by atoms with E-state index in [-0.39, 0.29) is 29.0 Å². The van der Waals surface area contributed by atoms with Gasteiger partial charge in [0.1, 0.15) is 11.3 Å². The molecule has 2 aromatic rings. The van der Waals surface area contributed by atoms with Crippen molar-refractivity contribution in [3.63, 3.8) is 0 Å². The lowest BCUT2D eigenvalue weighted by Gasteiger charge is -2.12. The van der Waals surface area contributed by atoms with E-state index in [2.05, 4.69) is 9.98 Å². The zero-order valence-corrected chi connectivity index (χ0v) is 16.9. The van der Waals surface area contributed by atoms with Crippen LogP contribution in [0.4, 0.5) is 0 Å². The van der Waals surface area contributed by atoms with Gasteiger partial charge < -0.3 is 9.84 Å². The molecular formula is C22H19ClN2O4. The van der Waals surface area contributed by atoms with Crippen molar-refractivity contribution in [2.24, 2.45) is 9.98 Å². The highest BCUT2D eigenvalue weighted by Gasteiger charge is 2.31. The fourth-order valence-electron chi connectivity index (χ4n) is 2.86. The second-order valence-electron chi connectivity index (χ2n) is 6.67. The summed E-state index contributed by atoms with van der Waals surface area (Å²) in [5.74, 6) is -1.29. The number of fused-ring (bicyclic) bond motifs is 1. The molecule has 29 heavy (non-hydrogen) atoms. The number of carbonyl (C=O) groups excluding carboxylic acids is 2. The molecule has 0 unspecified atom stereocenters. The van der Waals surface area contributed by atoms with Crippen LogP contribution in [-0.4, -0.2) is 34.6 Å². The molecule has 1 amide bonds. The van der Waals surface area contributed by atoms with E-state index in [1.54, 1.807) is 56.3 Å². The molecule has 1 N–H and O–H groups in total. The Bertz CT molecular complexity index is 1080. The number of nitrogens with zero attached hydrogens (tertiary/aromatic N) is 2. The lowest BCUT2D eigenvalue weighted by Crippen LogP contribution is -2.21.